The van der Waals surface area contributed by atoms with Crippen LogP contribution >= 0.6 is 11.6 Å². The van der Waals surface area contributed by atoms with Crippen molar-refractivity contribution >= 4 is 17.2 Å². The Morgan fingerprint density at radius 3 is 2.33 bits per heavy atom. The lowest BCUT2D eigenvalue weighted by Crippen LogP contribution is -1.87. The number of hydrogen-bond donors (Lipinski definition) is 0. The van der Waals surface area contributed by atoms with E-state index in [0.717, 1.165) is 6.42 Å². The summed E-state index contributed by atoms with van der Waals surface area (Å²) in [5.41, 5.74) is 4.00. The van der Waals surface area contributed by atoms with Crippen molar-refractivity contribution in [2.24, 2.45) is 0 Å². The minimum atomic E-state index is 0.603. The van der Waals surface area contributed by atoms with Gasteiger partial charge in [-0.15, -0.1) is 11.6 Å². The lowest BCUT2D eigenvalue weighted by Gasteiger charge is -2.07. The summed E-state index contributed by atoms with van der Waals surface area (Å²) < 4.78 is 0. The van der Waals surface area contributed by atoms with Gasteiger partial charge < -0.3 is 0 Å². The average molecular weight is 223 g/mol. The van der Waals surface area contributed by atoms with Gasteiger partial charge in [0.05, 0.1) is 0 Å². The monoisotopic (exact) mass is 222 g/mol. The van der Waals surface area contributed by atoms with Gasteiger partial charge in [-0.05, 0) is 36.0 Å². The molecule has 82 valence electrons. The molecule has 0 amide bonds. The van der Waals surface area contributed by atoms with Gasteiger partial charge in [-0.3, -0.25) is 0 Å². The fraction of sp³-hybridized carbons (Fsp3) is 0.429. The number of halogens is 1. The summed E-state index contributed by atoms with van der Waals surface area (Å²) in [6.45, 7) is 6.56. The second-order valence-corrected chi connectivity index (χ2v) is 4.52. The molecule has 1 aromatic carbocycles. The van der Waals surface area contributed by atoms with Gasteiger partial charge in [0.1, 0.15) is 0 Å². The van der Waals surface area contributed by atoms with Gasteiger partial charge in [-0.1, -0.05) is 44.2 Å². The lowest BCUT2D eigenvalue weighted by atomic mass is 9.99. The van der Waals surface area contributed by atoms with Gasteiger partial charge in [0.25, 0.3) is 0 Å². The largest absolute Gasteiger partial charge is 0.126 e. The Morgan fingerprint density at radius 1 is 1.27 bits per heavy atom. The molecule has 0 heterocycles. The molecule has 0 N–H and O–H groups in total. The molecule has 0 unspecified atom stereocenters. The van der Waals surface area contributed by atoms with E-state index in [0.29, 0.717) is 11.8 Å². The molecule has 0 saturated heterocycles. The maximum absolute atomic E-state index is 5.66. The summed E-state index contributed by atoms with van der Waals surface area (Å²) in [5, 5.41) is 0. The average Bonchev–Trinajstić information content (AvgIpc) is 2.26. The zero-order valence-electron chi connectivity index (χ0n) is 9.76. The van der Waals surface area contributed by atoms with Crippen molar-refractivity contribution in [2.45, 2.75) is 33.1 Å². The van der Waals surface area contributed by atoms with Gasteiger partial charge in [-0.25, -0.2) is 0 Å². The van der Waals surface area contributed by atoms with Crippen LogP contribution in [0.25, 0.3) is 5.57 Å². The topological polar surface area (TPSA) is 0 Å². The zero-order chi connectivity index (χ0) is 11.3. The van der Waals surface area contributed by atoms with Gasteiger partial charge in [0, 0.05) is 5.88 Å². The first-order chi connectivity index (χ1) is 7.15. The maximum Gasteiger partial charge on any atom is 0.0258 e. The van der Waals surface area contributed by atoms with Gasteiger partial charge in [-0.2, -0.15) is 0 Å². The second kappa shape index (κ2) is 5.97. The molecule has 0 bridgehead atoms. The van der Waals surface area contributed by atoms with Crippen LogP contribution in [-0.2, 0) is 0 Å². The Hall–Kier alpha value is -0.750. The highest BCUT2D eigenvalue weighted by Gasteiger charge is 1.99. The molecule has 15 heavy (non-hydrogen) atoms. The Kier molecular flexibility index (Phi) is 4.90. The SMILES string of the molecule is CC(=CCCCl)c1ccc(C(C)C)cc1. The standard InChI is InChI=1S/C14H19Cl/c1-11(2)13-6-8-14(9-7-13)12(3)5-4-10-15/h5-9,11H,4,10H2,1-3H3. The minimum absolute atomic E-state index is 0.603. The Labute approximate surface area is 98.0 Å². The zero-order valence-corrected chi connectivity index (χ0v) is 10.5. The molecular formula is C14H19Cl. The predicted octanol–water partition coefficient (Wildman–Crippen LogP) is 4.84. The van der Waals surface area contributed by atoms with Crippen molar-refractivity contribution in [3.63, 3.8) is 0 Å². The number of alkyl halides is 1. The molecule has 1 aromatic rings. The number of rotatable bonds is 4. The van der Waals surface area contributed by atoms with E-state index in [1.54, 1.807) is 0 Å². The highest BCUT2D eigenvalue weighted by atomic mass is 35.5. The summed E-state index contributed by atoms with van der Waals surface area (Å²) in [6, 6.07) is 8.79. The highest BCUT2D eigenvalue weighted by Crippen LogP contribution is 2.19. The van der Waals surface area contributed by atoms with Crippen LogP contribution in [0, 0.1) is 0 Å². The quantitative estimate of drug-likeness (QED) is 0.640. The van der Waals surface area contributed by atoms with Gasteiger partial charge in [0.15, 0.2) is 0 Å². The molecule has 0 aliphatic heterocycles. The molecule has 1 rings (SSSR count). The van der Waals surface area contributed by atoms with E-state index in [-0.39, 0.29) is 0 Å². The molecule has 0 spiro atoms. The number of benzene rings is 1. The van der Waals surface area contributed by atoms with Gasteiger partial charge in [0.2, 0.25) is 0 Å². The van der Waals surface area contributed by atoms with Crippen LogP contribution in [-0.4, -0.2) is 5.88 Å². The van der Waals surface area contributed by atoms with Crippen LogP contribution in [0.1, 0.15) is 44.2 Å². The van der Waals surface area contributed by atoms with Crippen LogP contribution in [0.2, 0.25) is 0 Å². The lowest BCUT2D eigenvalue weighted by molar-refractivity contribution is 0.866. The molecule has 0 radical (unpaired) electrons. The van der Waals surface area contributed by atoms with Crippen LogP contribution in [0.3, 0.4) is 0 Å². The molecule has 0 aromatic heterocycles. The smallest absolute Gasteiger partial charge is 0.0258 e. The molecule has 0 fully saturated rings. The molecular weight excluding hydrogens is 204 g/mol. The maximum atomic E-state index is 5.66. The van der Waals surface area contributed by atoms with E-state index < -0.39 is 0 Å². The van der Waals surface area contributed by atoms with Crippen LogP contribution in [0.5, 0.6) is 0 Å². The van der Waals surface area contributed by atoms with Crippen molar-refractivity contribution in [3.8, 4) is 0 Å². The summed E-state index contributed by atoms with van der Waals surface area (Å²) in [6.07, 6.45) is 3.14. The summed E-state index contributed by atoms with van der Waals surface area (Å²) >= 11 is 5.66. The fourth-order valence-electron chi connectivity index (χ4n) is 1.52. The molecule has 0 nitrogen and oxygen atoms in total. The van der Waals surface area contributed by atoms with E-state index in [2.05, 4.69) is 51.1 Å². The minimum Gasteiger partial charge on any atom is -0.126 e. The first-order valence-corrected chi connectivity index (χ1v) is 6.01. The van der Waals surface area contributed by atoms with Crippen molar-refractivity contribution in [3.05, 3.63) is 41.5 Å². The highest BCUT2D eigenvalue weighted by molar-refractivity contribution is 6.17. The molecule has 0 saturated carbocycles. The number of allylic oxidation sites excluding steroid dienone is 2. The van der Waals surface area contributed by atoms with E-state index in [9.17, 15) is 0 Å². The van der Waals surface area contributed by atoms with Crippen molar-refractivity contribution in [1.29, 1.82) is 0 Å². The van der Waals surface area contributed by atoms with Crippen LogP contribution in [0.15, 0.2) is 30.3 Å². The summed E-state index contributed by atoms with van der Waals surface area (Å²) in [4.78, 5) is 0. The Morgan fingerprint density at radius 2 is 1.87 bits per heavy atom. The number of hydrogen-bond acceptors (Lipinski definition) is 0. The first kappa shape index (κ1) is 12.3. The van der Waals surface area contributed by atoms with Gasteiger partial charge >= 0.3 is 0 Å². The summed E-state index contributed by atoms with van der Waals surface area (Å²) in [5.74, 6) is 1.30. The van der Waals surface area contributed by atoms with Crippen LogP contribution in [0.4, 0.5) is 0 Å². The van der Waals surface area contributed by atoms with E-state index >= 15 is 0 Å². The van der Waals surface area contributed by atoms with E-state index in [4.69, 9.17) is 11.6 Å². The van der Waals surface area contributed by atoms with Crippen LogP contribution < -0.4 is 0 Å². The Bertz CT molecular complexity index is 320. The third-order valence-electron chi connectivity index (χ3n) is 2.59. The molecule has 0 aliphatic carbocycles. The summed E-state index contributed by atoms with van der Waals surface area (Å²) in [7, 11) is 0. The molecule has 0 aliphatic rings. The van der Waals surface area contributed by atoms with Crippen molar-refractivity contribution < 1.29 is 0 Å². The third-order valence-corrected chi connectivity index (χ3v) is 2.81. The van der Waals surface area contributed by atoms with E-state index in [1.807, 2.05) is 0 Å². The second-order valence-electron chi connectivity index (χ2n) is 4.14. The third kappa shape index (κ3) is 3.71. The normalized spacial score (nSPS) is 12.2. The van der Waals surface area contributed by atoms with Crippen molar-refractivity contribution in [1.82, 2.24) is 0 Å². The Balaban J connectivity index is 2.79. The fourth-order valence-corrected chi connectivity index (χ4v) is 1.63. The van der Waals surface area contributed by atoms with E-state index in [1.165, 1.54) is 16.7 Å². The predicted molar refractivity (Wildman–Crippen MR) is 69.5 cm³/mol. The molecule has 0 atom stereocenters. The molecule has 1 heteroatoms. The first-order valence-electron chi connectivity index (χ1n) is 5.48. The van der Waals surface area contributed by atoms with Crippen molar-refractivity contribution in [2.75, 3.05) is 5.88 Å².